The number of hydrogen-bond donors (Lipinski definition) is 2. The van der Waals surface area contributed by atoms with Crippen molar-refractivity contribution in [2.75, 3.05) is 25.5 Å². The third kappa shape index (κ3) is 2.89. The first-order valence-corrected chi connectivity index (χ1v) is 9.18. The van der Waals surface area contributed by atoms with Crippen LogP contribution in [0.2, 0.25) is 5.02 Å². The van der Waals surface area contributed by atoms with Crippen molar-refractivity contribution in [1.29, 1.82) is 0 Å². The maximum absolute atomic E-state index is 6.40. The van der Waals surface area contributed by atoms with Gasteiger partial charge in [-0.05, 0) is 55.3 Å². The second kappa shape index (κ2) is 6.78. The Kier molecular flexibility index (Phi) is 4.47. The summed E-state index contributed by atoms with van der Waals surface area (Å²) in [6.45, 7) is 3.89. The number of anilines is 1. The zero-order chi connectivity index (χ0) is 18.1. The summed E-state index contributed by atoms with van der Waals surface area (Å²) >= 11 is 6.40. The molecule has 3 aromatic rings. The van der Waals surface area contributed by atoms with Crippen LogP contribution in [-0.2, 0) is 5.54 Å². The zero-order valence-corrected chi connectivity index (χ0v) is 15.7. The lowest BCUT2D eigenvalue weighted by molar-refractivity contribution is 0.419. The minimum absolute atomic E-state index is 0.206. The molecule has 0 saturated carbocycles. The van der Waals surface area contributed by atoms with Crippen LogP contribution in [0.1, 0.15) is 17.5 Å². The first-order chi connectivity index (χ1) is 12.6. The highest BCUT2D eigenvalue weighted by Crippen LogP contribution is 2.38. The first kappa shape index (κ1) is 17.1. The fourth-order valence-electron chi connectivity index (χ4n) is 3.89. The Morgan fingerprint density at radius 3 is 2.88 bits per heavy atom. The predicted octanol–water partition coefficient (Wildman–Crippen LogP) is 4.51. The molecule has 4 rings (SSSR count). The molecule has 0 radical (unpaired) electrons. The van der Waals surface area contributed by atoms with E-state index in [-0.39, 0.29) is 5.54 Å². The Labute approximate surface area is 158 Å². The maximum atomic E-state index is 6.40. The second-order valence-corrected chi connectivity index (χ2v) is 7.20. The van der Waals surface area contributed by atoms with Crippen LogP contribution in [-0.4, -0.2) is 25.2 Å². The highest BCUT2D eigenvalue weighted by molar-refractivity contribution is 6.31. The number of ether oxygens (including phenoxy) is 1. The molecule has 0 spiro atoms. The number of fused-ring (bicyclic) bond motifs is 1. The van der Waals surface area contributed by atoms with Crippen LogP contribution in [0.5, 0.6) is 5.75 Å². The fraction of sp³-hybridized carbons (Fsp3) is 0.286. The molecule has 1 aliphatic rings. The molecule has 26 heavy (non-hydrogen) atoms. The number of aromatic nitrogens is 1. The molecule has 0 aliphatic carbocycles. The molecule has 134 valence electrons. The molecule has 2 heterocycles. The van der Waals surface area contributed by atoms with Crippen LogP contribution in [0, 0.1) is 6.92 Å². The number of halogens is 1. The van der Waals surface area contributed by atoms with Gasteiger partial charge in [-0.25, -0.2) is 0 Å². The van der Waals surface area contributed by atoms with E-state index in [9.17, 15) is 0 Å². The molecule has 2 N–H and O–H groups in total. The fourth-order valence-corrected chi connectivity index (χ4v) is 4.06. The van der Waals surface area contributed by atoms with Gasteiger partial charge in [0.05, 0.1) is 18.2 Å². The van der Waals surface area contributed by atoms with E-state index in [1.165, 1.54) is 5.56 Å². The lowest BCUT2D eigenvalue weighted by Crippen LogP contribution is -2.38. The molecule has 0 amide bonds. The molecule has 0 bridgehead atoms. The van der Waals surface area contributed by atoms with Gasteiger partial charge < -0.3 is 15.4 Å². The lowest BCUT2D eigenvalue weighted by Gasteiger charge is -2.33. The summed E-state index contributed by atoms with van der Waals surface area (Å²) in [7, 11) is 1.69. The van der Waals surface area contributed by atoms with Gasteiger partial charge >= 0.3 is 0 Å². The van der Waals surface area contributed by atoms with E-state index >= 15 is 0 Å². The lowest BCUT2D eigenvalue weighted by atomic mass is 9.85. The maximum Gasteiger partial charge on any atom is 0.130 e. The van der Waals surface area contributed by atoms with Crippen LogP contribution < -0.4 is 15.4 Å². The van der Waals surface area contributed by atoms with E-state index in [2.05, 4.69) is 34.7 Å². The highest BCUT2D eigenvalue weighted by atomic mass is 35.5. The molecule has 2 aromatic carbocycles. The van der Waals surface area contributed by atoms with E-state index in [4.69, 9.17) is 16.3 Å². The van der Waals surface area contributed by atoms with E-state index in [0.717, 1.165) is 52.4 Å². The van der Waals surface area contributed by atoms with Crippen molar-refractivity contribution in [3.8, 4) is 5.75 Å². The summed E-state index contributed by atoms with van der Waals surface area (Å²) in [6.07, 6.45) is 2.79. The summed E-state index contributed by atoms with van der Waals surface area (Å²) < 4.78 is 5.60. The third-order valence-electron chi connectivity index (χ3n) is 5.22. The van der Waals surface area contributed by atoms with Crippen molar-refractivity contribution in [1.82, 2.24) is 10.3 Å². The number of nitrogens with one attached hydrogen (secondary N) is 2. The Balaban J connectivity index is 1.80. The number of rotatable bonds is 4. The van der Waals surface area contributed by atoms with Crippen LogP contribution in [0.4, 0.5) is 5.69 Å². The molecule has 1 atom stereocenters. The third-order valence-corrected chi connectivity index (χ3v) is 5.63. The molecule has 1 unspecified atom stereocenters. The summed E-state index contributed by atoms with van der Waals surface area (Å²) in [5, 5.41) is 9.07. The predicted molar refractivity (Wildman–Crippen MR) is 107 cm³/mol. The number of nitrogens with zero attached hydrogens (tertiary/aromatic N) is 1. The van der Waals surface area contributed by atoms with E-state index in [0.29, 0.717) is 0 Å². The van der Waals surface area contributed by atoms with Crippen molar-refractivity contribution < 1.29 is 4.74 Å². The Morgan fingerprint density at radius 1 is 1.23 bits per heavy atom. The van der Waals surface area contributed by atoms with Crippen molar-refractivity contribution >= 4 is 28.2 Å². The van der Waals surface area contributed by atoms with Crippen LogP contribution in [0.3, 0.4) is 0 Å². The van der Waals surface area contributed by atoms with Crippen molar-refractivity contribution in [2.45, 2.75) is 18.9 Å². The summed E-state index contributed by atoms with van der Waals surface area (Å²) in [5.74, 6) is 0.821. The van der Waals surface area contributed by atoms with E-state index in [1.807, 2.05) is 30.3 Å². The summed E-state index contributed by atoms with van der Waals surface area (Å²) in [4.78, 5) is 4.50. The van der Waals surface area contributed by atoms with Gasteiger partial charge in [0, 0.05) is 34.9 Å². The van der Waals surface area contributed by atoms with Gasteiger partial charge in [0.25, 0.3) is 0 Å². The Bertz CT molecular complexity index is 951. The second-order valence-electron chi connectivity index (χ2n) is 6.79. The normalized spacial score (nSPS) is 19.7. The van der Waals surface area contributed by atoms with Crippen LogP contribution in [0.15, 0.2) is 48.7 Å². The van der Waals surface area contributed by atoms with Crippen LogP contribution >= 0.6 is 11.6 Å². The largest absolute Gasteiger partial charge is 0.496 e. The standard InChI is InChI=1S/C21H22ClN3O/c1-14-17(6-3-7-18(14)22)21(8-10-23-13-21)25-15-11-19-16(5-4-9-24-19)20(12-15)26-2/h3-7,9,11-12,23,25H,8,10,13H2,1-2H3. The minimum atomic E-state index is -0.206. The van der Waals surface area contributed by atoms with Crippen LogP contribution in [0.25, 0.3) is 10.9 Å². The summed E-state index contributed by atoms with van der Waals surface area (Å²) in [6, 6.07) is 14.2. The zero-order valence-electron chi connectivity index (χ0n) is 15.0. The van der Waals surface area contributed by atoms with E-state index in [1.54, 1.807) is 13.3 Å². The van der Waals surface area contributed by atoms with Crippen molar-refractivity contribution in [2.24, 2.45) is 0 Å². The van der Waals surface area contributed by atoms with Gasteiger partial charge in [0.2, 0.25) is 0 Å². The molecule has 1 fully saturated rings. The number of benzene rings is 2. The molecular formula is C21H22ClN3O. The summed E-state index contributed by atoms with van der Waals surface area (Å²) in [5.41, 5.74) is 4.06. The number of hydrogen-bond acceptors (Lipinski definition) is 4. The van der Waals surface area contributed by atoms with Crippen molar-refractivity contribution in [3.63, 3.8) is 0 Å². The average molecular weight is 368 g/mol. The molecular weight excluding hydrogens is 346 g/mol. The van der Waals surface area contributed by atoms with Gasteiger partial charge in [-0.15, -0.1) is 0 Å². The van der Waals surface area contributed by atoms with Gasteiger partial charge in [-0.2, -0.15) is 0 Å². The minimum Gasteiger partial charge on any atom is -0.496 e. The Morgan fingerprint density at radius 2 is 2.12 bits per heavy atom. The highest BCUT2D eigenvalue weighted by Gasteiger charge is 2.37. The molecule has 1 aliphatic heterocycles. The monoisotopic (exact) mass is 367 g/mol. The molecule has 5 heteroatoms. The van der Waals surface area contributed by atoms with Crippen molar-refractivity contribution in [3.05, 3.63) is 64.8 Å². The number of methoxy groups -OCH3 is 1. The smallest absolute Gasteiger partial charge is 0.130 e. The molecule has 4 nitrogen and oxygen atoms in total. The Hall–Kier alpha value is -2.30. The first-order valence-electron chi connectivity index (χ1n) is 8.80. The molecule has 1 saturated heterocycles. The van der Waals surface area contributed by atoms with Gasteiger partial charge in [0.1, 0.15) is 5.75 Å². The SMILES string of the molecule is COc1cc(NC2(c3cccc(Cl)c3C)CCNC2)cc2ncccc12. The topological polar surface area (TPSA) is 46.2 Å². The quantitative estimate of drug-likeness (QED) is 0.712. The average Bonchev–Trinajstić information content (AvgIpc) is 3.12. The molecule has 1 aromatic heterocycles. The van der Waals surface area contributed by atoms with Gasteiger partial charge in [0.15, 0.2) is 0 Å². The van der Waals surface area contributed by atoms with Gasteiger partial charge in [-0.3, -0.25) is 4.98 Å². The van der Waals surface area contributed by atoms with Gasteiger partial charge in [-0.1, -0.05) is 23.7 Å². The van der Waals surface area contributed by atoms with E-state index < -0.39 is 0 Å². The number of pyridine rings is 1.